The maximum Gasteiger partial charge on any atom is 0.227 e. The van der Waals surface area contributed by atoms with Gasteiger partial charge >= 0.3 is 0 Å². The van der Waals surface area contributed by atoms with E-state index in [4.69, 9.17) is 4.74 Å². The van der Waals surface area contributed by atoms with Gasteiger partial charge in [0.1, 0.15) is 17.3 Å². The second-order valence-electron chi connectivity index (χ2n) is 4.20. The van der Waals surface area contributed by atoms with E-state index in [1.54, 1.807) is 30.5 Å². The van der Waals surface area contributed by atoms with Gasteiger partial charge in [-0.2, -0.15) is 0 Å². The molecule has 0 bridgehead atoms. The van der Waals surface area contributed by atoms with E-state index in [9.17, 15) is 9.50 Å². The maximum absolute atomic E-state index is 13.3. The highest BCUT2D eigenvalue weighted by Crippen LogP contribution is 2.33. The molecular formula is C15H9BrFNO2. The smallest absolute Gasteiger partial charge is 0.227 e. The lowest BCUT2D eigenvalue weighted by atomic mass is 10.1. The van der Waals surface area contributed by atoms with Gasteiger partial charge in [-0.05, 0) is 51.6 Å². The molecule has 20 heavy (non-hydrogen) atoms. The van der Waals surface area contributed by atoms with Crippen LogP contribution in [-0.2, 0) is 0 Å². The molecule has 2 aromatic carbocycles. The van der Waals surface area contributed by atoms with Gasteiger partial charge in [0.05, 0.1) is 4.47 Å². The molecule has 1 N–H and O–H groups in total. The molecule has 0 unspecified atom stereocenters. The summed E-state index contributed by atoms with van der Waals surface area (Å²) in [5.41, 5.74) is 0. The van der Waals surface area contributed by atoms with E-state index in [1.165, 1.54) is 12.1 Å². The summed E-state index contributed by atoms with van der Waals surface area (Å²) in [6.45, 7) is 0. The SMILES string of the molecule is Oc1ccc2ccnc(Oc3cc(F)ccc3Br)c2c1. The van der Waals surface area contributed by atoms with Crippen molar-refractivity contribution in [3.8, 4) is 17.4 Å². The average Bonchev–Trinajstić information content (AvgIpc) is 2.43. The van der Waals surface area contributed by atoms with Crippen LogP contribution >= 0.6 is 15.9 Å². The standard InChI is InChI=1S/C15H9BrFNO2/c16-13-4-2-10(17)7-14(13)20-15-12-8-11(19)3-1-9(12)5-6-18-15/h1-8,19H. The Bertz CT molecular complexity index is 792. The number of hydrogen-bond acceptors (Lipinski definition) is 3. The molecule has 0 aliphatic rings. The third kappa shape index (κ3) is 2.44. The normalized spacial score (nSPS) is 10.7. The summed E-state index contributed by atoms with van der Waals surface area (Å²) in [6.07, 6.45) is 1.60. The van der Waals surface area contributed by atoms with E-state index in [0.29, 0.717) is 21.5 Å². The number of halogens is 2. The number of hydrogen-bond donors (Lipinski definition) is 1. The number of aromatic nitrogens is 1. The summed E-state index contributed by atoms with van der Waals surface area (Å²) in [5, 5.41) is 11.1. The van der Waals surface area contributed by atoms with Crippen molar-refractivity contribution in [1.29, 1.82) is 0 Å². The van der Waals surface area contributed by atoms with Crippen molar-refractivity contribution in [1.82, 2.24) is 4.98 Å². The fraction of sp³-hybridized carbons (Fsp3) is 0. The van der Waals surface area contributed by atoms with Crippen molar-refractivity contribution in [3.63, 3.8) is 0 Å². The van der Waals surface area contributed by atoms with Crippen LogP contribution in [0.2, 0.25) is 0 Å². The molecule has 0 spiro atoms. The third-order valence-electron chi connectivity index (χ3n) is 2.81. The van der Waals surface area contributed by atoms with Crippen molar-refractivity contribution < 1.29 is 14.2 Å². The Hall–Kier alpha value is -2.14. The average molecular weight is 334 g/mol. The van der Waals surface area contributed by atoms with Crippen LogP contribution in [0.5, 0.6) is 17.4 Å². The number of phenols is 1. The molecule has 5 heteroatoms. The fourth-order valence-corrected chi connectivity index (χ4v) is 2.20. The van der Waals surface area contributed by atoms with Crippen molar-refractivity contribution in [2.24, 2.45) is 0 Å². The van der Waals surface area contributed by atoms with Crippen LogP contribution in [0.4, 0.5) is 4.39 Å². The van der Waals surface area contributed by atoms with Gasteiger partial charge in [0.2, 0.25) is 5.88 Å². The number of ether oxygens (including phenoxy) is 1. The van der Waals surface area contributed by atoms with Crippen molar-refractivity contribution in [3.05, 3.63) is 59.0 Å². The Labute approximate surface area is 122 Å². The number of rotatable bonds is 2. The number of fused-ring (bicyclic) bond motifs is 1. The van der Waals surface area contributed by atoms with Gasteiger partial charge in [0, 0.05) is 17.6 Å². The first-order chi connectivity index (χ1) is 9.63. The summed E-state index contributed by atoms with van der Waals surface area (Å²) < 4.78 is 19.5. The summed E-state index contributed by atoms with van der Waals surface area (Å²) in [7, 11) is 0. The minimum absolute atomic E-state index is 0.119. The van der Waals surface area contributed by atoms with Crippen LogP contribution < -0.4 is 4.74 Å². The summed E-state index contributed by atoms with van der Waals surface area (Å²) in [5.74, 6) is 0.359. The molecule has 1 heterocycles. The molecule has 1 aromatic heterocycles. The Morgan fingerprint density at radius 1 is 1.10 bits per heavy atom. The summed E-state index contributed by atoms with van der Waals surface area (Å²) >= 11 is 3.30. The molecule has 0 aliphatic carbocycles. The van der Waals surface area contributed by atoms with Crippen molar-refractivity contribution in [2.45, 2.75) is 0 Å². The first-order valence-electron chi connectivity index (χ1n) is 5.84. The molecule has 0 aliphatic heterocycles. The molecule has 3 aromatic rings. The quantitative estimate of drug-likeness (QED) is 0.743. The van der Waals surface area contributed by atoms with E-state index < -0.39 is 5.82 Å². The molecule has 0 saturated heterocycles. The number of benzene rings is 2. The van der Waals surface area contributed by atoms with Gasteiger partial charge < -0.3 is 9.84 Å². The Morgan fingerprint density at radius 3 is 2.80 bits per heavy atom. The second kappa shape index (κ2) is 5.09. The molecule has 3 nitrogen and oxygen atoms in total. The Balaban J connectivity index is 2.10. The largest absolute Gasteiger partial charge is 0.508 e. The van der Waals surface area contributed by atoms with E-state index in [0.717, 1.165) is 5.39 Å². The zero-order valence-electron chi connectivity index (χ0n) is 10.2. The van der Waals surface area contributed by atoms with E-state index in [1.807, 2.05) is 6.07 Å². The molecule has 0 radical (unpaired) electrons. The predicted molar refractivity (Wildman–Crippen MR) is 77.6 cm³/mol. The first kappa shape index (κ1) is 12.9. The van der Waals surface area contributed by atoms with Gasteiger partial charge in [0.15, 0.2) is 0 Å². The Kier molecular flexibility index (Phi) is 3.28. The van der Waals surface area contributed by atoms with Crippen molar-refractivity contribution in [2.75, 3.05) is 0 Å². The zero-order valence-corrected chi connectivity index (χ0v) is 11.8. The van der Waals surface area contributed by atoms with Gasteiger partial charge in [-0.15, -0.1) is 0 Å². The van der Waals surface area contributed by atoms with Gasteiger partial charge in [-0.25, -0.2) is 9.37 Å². The van der Waals surface area contributed by atoms with Crippen LogP contribution in [-0.4, -0.2) is 10.1 Å². The molecule has 0 atom stereocenters. The maximum atomic E-state index is 13.3. The fourth-order valence-electron chi connectivity index (χ4n) is 1.87. The molecular weight excluding hydrogens is 325 g/mol. The minimum atomic E-state index is -0.397. The highest BCUT2D eigenvalue weighted by atomic mass is 79.9. The van der Waals surface area contributed by atoms with Gasteiger partial charge in [-0.1, -0.05) is 6.07 Å². The van der Waals surface area contributed by atoms with Crippen molar-refractivity contribution >= 4 is 26.7 Å². The molecule has 100 valence electrons. The monoisotopic (exact) mass is 333 g/mol. The number of nitrogens with zero attached hydrogens (tertiary/aromatic N) is 1. The molecule has 0 amide bonds. The predicted octanol–water partition coefficient (Wildman–Crippen LogP) is 4.63. The molecule has 3 rings (SSSR count). The van der Waals surface area contributed by atoms with Gasteiger partial charge in [-0.3, -0.25) is 0 Å². The van der Waals surface area contributed by atoms with E-state index in [2.05, 4.69) is 20.9 Å². The Morgan fingerprint density at radius 2 is 1.95 bits per heavy atom. The van der Waals surface area contributed by atoms with Crippen LogP contribution in [0.25, 0.3) is 10.8 Å². The number of pyridine rings is 1. The lowest BCUT2D eigenvalue weighted by molar-refractivity contribution is 0.459. The molecule has 0 saturated carbocycles. The number of aromatic hydroxyl groups is 1. The van der Waals surface area contributed by atoms with Crippen LogP contribution in [0.3, 0.4) is 0 Å². The van der Waals surface area contributed by atoms with Crippen LogP contribution in [0, 0.1) is 5.82 Å². The van der Waals surface area contributed by atoms with E-state index in [-0.39, 0.29) is 5.75 Å². The number of phenolic OH excluding ortho intramolecular Hbond substituents is 1. The highest BCUT2D eigenvalue weighted by molar-refractivity contribution is 9.10. The molecule has 0 fully saturated rings. The third-order valence-corrected chi connectivity index (χ3v) is 3.47. The second-order valence-corrected chi connectivity index (χ2v) is 5.05. The van der Waals surface area contributed by atoms with Gasteiger partial charge in [0.25, 0.3) is 0 Å². The minimum Gasteiger partial charge on any atom is -0.508 e. The lowest BCUT2D eigenvalue weighted by Gasteiger charge is -2.09. The zero-order chi connectivity index (χ0) is 14.1. The van der Waals surface area contributed by atoms with E-state index >= 15 is 0 Å². The topological polar surface area (TPSA) is 42.4 Å². The van der Waals surface area contributed by atoms with Crippen LogP contribution in [0.1, 0.15) is 0 Å². The summed E-state index contributed by atoms with van der Waals surface area (Å²) in [6, 6.07) is 10.9. The lowest BCUT2D eigenvalue weighted by Crippen LogP contribution is -1.91. The summed E-state index contributed by atoms with van der Waals surface area (Å²) in [4.78, 5) is 4.14. The highest BCUT2D eigenvalue weighted by Gasteiger charge is 2.09. The first-order valence-corrected chi connectivity index (χ1v) is 6.63. The van der Waals surface area contributed by atoms with Crippen LogP contribution in [0.15, 0.2) is 53.1 Å².